The quantitative estimate of drug-likeness (QED) is 0.671. The maximum atomic E-state index is 5.73. The van der Waals surface area contributed by atoms with Crippen molar-refractivity contribution in [2.75, 3.05) is 13.1 Å². The molecule has 0 bridgehead atoms. The molecule has 2 unspecified atom stereocenters. The van der Waals surface area contributed by atoms with Gasteiger partial charge in [0.15, 0.2) is 0 Å². The van der Waals surface area contributed by atoms with Crippen molar-refractivity contribution >= 4 is 0 Å². The number of nitrogens with one attached hydrogen (secondary N) is 1. The number of ether oxygens (including phenoxy) is 1. The standard InChI is InChI=1S/C9H19NO/c1-3-4-5-9-7-10-6-8(2)11-9/h8-10H,3-7H2,1-2H3. The van der Waals surface area contributed by atoms with Crippen LogP contribution in [0.15, 0.2) is 0 Å². The third-order valence-electron chi connectivity index (χ3n) is 2.11. The molecule has 2 atom stereocenters. The molecule has 1 N–H and O–H groups in total. The van der Waals surface area contributed by atoms with Gasteiger partial charge in [-0.3, -0.25) is 0 Å². The zero-order valence-electron chi connectivity index (χ0n) is 7.60. The molecular formula is C9H19NO. The normalized spacial score (nSPS) is 32.2. The second kappa shape index (κ2) is 4.73. The van der Waals surface area contributed by atoms with E-state index in [0.29, 0.717) is 12.2 Å². The van der Waals surface area contributed by atoms with Gasteiger partial charge in [0.25, 0.3) is 0 Å². The summed E-state index contributed by atoms with van der Waals surface area (Å²) in [6.45, 7) is 6.41. The molecular weight excluding hydrogens is 138 g/mol. The molecule has 0 aromatic heterocycles. The van der Waals surface area contributed by atoms with Gasteiger partial charge in [0.1, 0.15) is 0 Å². The van der Waals surface area contributed by atoms with Gasteiger partial charge >= 0.3 is 0 Å². The van der Waals surface area contributed by atoms with Gasteiger partial charge in [0.2, 0.25) is 0 Å². The Bertz CT molecular complexity index is 106. The molecule has 2 heteroatoms. The van der Waals surface area contributed by atoms with Gasteiger partial charge in [-0.05, 0) is 13.3 Å². The van der Waals surface area contributed by atoms with E-state index in [2.05, 4.69) is 19.2 Å². The van der Waals surface area contributed by atoms with Crippen LogP contribution in [0.3, 0.4) is 0 Å². The summed E-state index contributed by atoms with van der Waals surface area (Å²) in [5.41, 5.74) is 0. The van der Waals surface area contributed by atoms with E-state index in [1.54, 1.807) is 0 Å². The Labute approximate surface area is 69.3 Å². The third-order valence-corrected chi connectivity index (χ3v) is 2.11. The first-order valence-corrected chi connectivity index (χ1v) is 4.69. The lowest BCUT2D eigenvalue weighted by molar-refractivity contribution is -0.0315. The zero-order valence-corrected chi connectivity index (χ0v) is 7.60. The maximum Gasteiger partial charge on any atom is 0.0703 e. The Morgan fingerprint density at radius 2 is 2.27 bits per heavy atom. The molecule has 0 aliphatic carbocycles. The lowest BCUT2D eigenvalue weighted by Gasteiger charge is -2.28. The highest BCUT2D eigenvalue weighted by Gasteiger charge is 2.17. The molecule has 0 amide bonds. The lowest BCUT2D eigenvalue weighted by atomic mass is 10.1. The van der Waals surface area contributed by atoms with Crippen LogP contribution in [-0.4, -0.2) is 25.3 Å². The van der Waals surface area contributed by atoms with Gasteiger partial charge in [0, 0.05) is 13.1 Å². The van der Waals surface area contributed by atoms with Gasteiger partial charge in [-0.25, -0.2) is 0 Å². The second-order valence-electron chi connectivity index (χ2n) is 3.37. The van der Waals surface area contributed by atoms with Crippen molar-refractivity contribution in [3.8, 4) is 0 Å². The van der Waals surface area contributed by atoms with Gasteiger partial charge in [-0.15, -0.1) is 0 Å². The SMILES string of the molecule is CCCCC1CNCC(C)O1. The predicted molar refractivity (Wildman–Crippen MR) is 46.7 cm³/mol. The van der Waals surface area contributed by atoms with E-state index >= 15 is 0 Å². The molecule has 66 valence electrons. The summed E-state index contributed by atoms with van der Waals surface area (Å²) in [7, 11) is 0. The van der Waals surface area contributed by atoms with Crippen LogP contribution in [0.5, 0.6) is 0 Å². The highest BCUT2D eigenvalue weighted by Crippen LogP contribution is 2.09. The van der Waals surface area contributed by atoms with Crippen molar-refractivity contribution in [2.24, 2.45) is 0 Å². The maximum absolute atomic E-state index is 5.73. The largest absolute Gasteiger partial charge is 0.373 e. The van der Waals surface area contributed by atoms with Gasteiger partial charge in [-0.2, -0.15) is 0 Å². The van der Waals surface area contributed by atoms with E-state index < -0.39 is 0 Å². The summed E-state index contributed by atoms with van der Waals surface area (Å²) in [5, 5.41) is 3.37. The summed E-state index contributed by atoms with van der Waals surface area (Å²) in [4.78, 5) is 0. The summed E-state index contributed by atoms with van der Waals surface area (Å²) in [5.74, 6) is 0. The Balaban J connectivity index is 2.12. The van der Waals surface area contributed by atoms with E-state index in [1.165, 1.54) is 19.3 Å². The molecule has 0 radical (unpaired) electrons. The number of hydrogen-bond donors (Lipinski definition) is 1. The Morgan fingerprint density at radius 1 is 1.45 bits per heavy atom. The van der Waals surface area contributed by atoms with Gasteiger partial charge in [0.05, 0.1) is 12.2 Å². The molecule has 1 saturated heterocycles. The van der Waals surface area contributed by atoms with Crippen LogP contribution < -0.4 is 5.32 Å². The summed E-state index contributed by atoms with van der Waals surface area (Å²) >= 11 is 0. The Hall–Kier alpha value is -0.0800. The van der Waals surface area contributed by atoms with E-state index in [1.807, 2.05) is 0 Å². The van der Waals surface area contributed by atoms with Gasteiger partial charge < -0.3 is 10.1 Å². The molecule has 0 aromatic carbocycles. The molecule has 1 aliphatic heterocycles. The first kappa shape index (κ1) is 9.01. The molecule has 0 spiro atoms. The van der Waals surface area contributed by atoms with Crippen LogP contribution in [0.1, 0.15) is 33.1 Å². The molecule has 2 nitrogen and oxygen atoms in total. The lowest BCUT2D eigenvalue weighted by Crippen LogP contribution is -2.43. The Kier molecular flexibility index (Phi) is 3.87. The molecule has 0 aromatic rings. The number of hydrogen-bond acceptors (Lipinski definition) is 2. The van der Waals surface area contributed by atoms with Gasteiger partial charge in [-0.1, -0.05) is 19.8 Å². The minimum Gasteiger partial charge on any atom is -0.373 e. The first-order valence-electron chi connectivity index (χ1n) is 4.69. The van der Waals surface area contributed by atoms with Crippen molar-refractivity contribution in [2.45, 2.75) is 45.3 Å². The van der Waals surface area contributed by atoms with E-state index in [9.17, 15) is 0 Å². The van der Waals surface area contributed by atoms with Crippen LogP contribution in [0.4, 0.5) is 0 Å². The van der Waals surface area contributed by atoms with Crippen molar-refractivity contribution in [1.29, 1.82) is 0 Å². The van der Waals surface area contributed by atoms with E-state index in [0.717, 1.165) is 13.1 Å². The number of rotatable bonds is 3. The topological polar surface area (TPSA) is 21.3 Å². The average molecular weight is 157 g/mol. The number of morpholine rings is 1. The molecule has 1 heterocycles. The molecule has 1 rings (SSSR count). The fraction of sp³-hybridized carbons (Fsp3) is 1.00. The molecule has 1 fully saturated rings. The summed E-state index contributed by atoms with van der Waals surface area (Å²) < 4.78 is 5.73. The molecule has 1 aliphatic rings. The van der Waals surface area contributed by atoms with Crippen molar-refractivity contribution in [3.63, 3.8) is 0 Å². The number of unbranched alkanes of at least 4 members (excludes halogenated alkanes) is 1. The van der Waals surface area contributed by atoms with Crippen LogP contribution in [0.2, 0.25) is 0 Å². The first-order chi connectivity index (χ1) is 5.33. The van der Waals surface area contributed by atoms with Crippen LogP contribution in [0.25, 0.3) is 0 Å². The minimum atomic E-state index is 0.408. The average Bonchev–Trinajstić information content (AvgIpc) is 2.01. The Morgan fingerprint density at radius 3 is 2.91 bits per heavy atom. The van der Waals surface area contributed by atoms with Crippen LogP contribution in [0, 0.1) is 0 Å². The summed E-state index contributed by atoms with van der Waals surface area (Å²) in [6, 6.07) is 0. The monoisotopic (exact) mass is 157 g/mol. The molecule has 11 heavy (non-hydrogen) atoms. The highest BCUT2D eigenvalue weighted by molar-refractivity contribution is 4.71. The minimum absolute atomic E-state index is 0.408. The zero-order chi connectivity index (χ0) is 8.10. The fourth-order valence-electron chi connectivity index (χ4n) is 1.47. The molecule has 0 saturated carbocycles. The summed E-state index contributed by atoms with van der Waals surface area (Å²) in [6.07, 6.45) is 4.66. The smallest absolute Gasteiger partial charge is 0.0703 e. The predicted octanol–water partition coefficient (Wildman–Crippen LogP) is 1.55. The van der Waals surface area contributed by atoms with Crippen LogP contribution >= 0.6 is 0 Å². The van der Waals surface area contributed by atoms with Crippen molar-refractivity contribution in [1.82, 2.24) is 5.32 Å². The second-order valence-corrected chi connectivity index (χ2v) is 3.37. The van der Waals surface area contributed by atoms with E-state index in [-0.39, 0.29) is 0 Å². The highest BCUT2D eigenvalue weighted by atomic mass is 16.5. The van der Waals surface area contributed by atoms with Crippen LogP contribution in [-0.2, 0) is 4.74 Å². The van der Waals surface area contributed by atoms with Crippen molar-refractivity contribution < 1.29 is 4.74 Å². The third kappa shape index (κ3) is 3.21. The fourth-order valence-corrected chi connectivity index (χ4v) is 1.47. The van der Waals surface area contributed by atoms with Crippen molar-refractivity contribution in [3.05, 3.63) is 0 Å². The van der Waals surface area contributed by atoms with E-state index in [4.69, 9.17) is 4.74 Å².